The molecule has 0 spiro atoms. The Kier molecular flexibility index (Phi) is 7.95. The zero-order valence-corrected chi connectivity index (χ0v) is 16.7. The Morgan fingerprint density at radius 2 is 1.78 bits per heavy atom. The fourth-order valence-corrected chi connectivity index (χ4v) is 3.43. The minimum Gasteiger partial charge on any atom is -0.490 e. The number of amides is 1. The molecule has 0 heterocycles. The van der Waals surface area contributed by atoms with E-state index in [2.05, 4.69) is 19.2 Å². The Bertz CT molecular complexity index is 645. The Morgan fingerprint density at radius 3 is 2.48 bits per heavy atom. The molecule has 6 heteroatoms. The van der Waals surface area contributed by atoms with Gasteiger partial charge in [-0.15, -0.1) is 0 Å². The third-order valence-electron chi connectivity index (χ3n) is 5.17. The van der Waals surface area contributed by atoms with E-state index >= 15 is 0 Å². The molecule has 0 radical (unpaired) electrons. The summed E-state index contributed by atoms with van der Waals surface area (Å²) in [7, 11) is 0. The minimum atomic E-state index is -0.556. The lowest BCUT2D eigenvalue weighted by Crippen LogP contribution is -2.45. The number of benzene rings is 1. The van der Waals surface area contributed by atoms with Crippen molar-refractivity contribution in [1.29, 1.82) is 0 Å². The Balaban J connectivity index is 1.91. The molecule has 0 bridgehead atoms. The number of esters is 1. The highest BCUT2D eigenvalue weighted by molar-refractivity contribution is 5.92. The molecule has 0 aromatic heterocycles. The number of carbonyl (C=O) groups is 2. The third-order valence-corrected chi connectivity index (χ3v) is 5.17. The average Bonchev–Trinajstić information content (AvgIpc) is 2.65. The van der Waals surface area contributed by atoms with E-state index in [9.17, 15) is 9.59 Å². The monoisotopic (exact) mass is 377 g/mol. The van der Waals surface area contributed by atoms with Gasteiger partial charge in [0.05, 0.1) is 18.8 Å². The van der Waals surface area contributed by atoms with Crippen LogP contribution in [0.5, 0.6) is 11.5 Å². The zero-order valence-electron chi connectivity index (χ0n) is 16.7. The maximum Gasteiger partial charge on any atom is 0.338 e. The molecule has 1 aromatic carbocycles. The molecule has 0 aliphatic heterocycles. The van der Waals surface area contributed by atoms with Crippen LogP contribution in [0.1, 0.15) is 57.3 Å². The van der Waals surface area contributed by atoms with Gasteiger partial charge in [-0.1, -0.05) is 26.7 Å². The van der Waals surface area contributed by atoms with Crippen LogP contribution < -0.4 is 14.8 Å². The van der Waals surface area contributed by atoms with Gasteiger partial charge in [-0.3, -0.25) is 4.79 Å². The average molecular weight is 377 g/mol. The Labute approximate surface area is 161 Å². The van der Waals surface area contributed by atoms with Crippen LogP contribution in [0, 0.1) is 11.8 Å². The van der Waals surface area contributed by atoms with Crippen LogP contribution >= 0.6 is 0 Å². The van der Waals surface area contributed by atoms with Crippen LogP contribution in [0.3, 0.4) is 0 Å². The van der Waals surface area contributed by atoms with E-state index in [0.29, 0.717) is 42.1 Å². The maximum atomic E-state index is 12.3. The predicted molar refractivity (Wildman–Crippen MR) is 103 cm³/mol. The fourth-order valence-electron chi connectivity index (χ4n) is 3.43. The normalized spacial score (nSPS) is 22.0. The number of hydrogen-bond acceptors (Lipinski definition) is 5. The molecule has 1 fully saturated rings. The summed E-state index contributed by atoms with van der Waals surface area (Å²) in [6.07, 6.45) is 3.28. The molecule has 1 saturated carbocycles. The highest BCUT2D eigenvalue weighted by Gasteiger charge is 2.28. The van der Waals surface area contributed by atoms with Gasteiger partial charge >= 0.3 is 5.97 Å². The van der Waals surface area contributed by atoms with Crippen molar-refractivity contribution in [2.24, 2.45) is 11.8 Å². The van der Waals surface area contributed by atoms with Gasteiger partial charge in [-0.25, -0.2) is 4.79 Å². The predicted octanol–water partition coefficient (Wildman–Crippen LogP) is 3.58. The summed E-state index contributed by atoms with van der Waals surface area (Å²) in [5, 5.41) is 3.00. The molecule has 1 aromatic rings. The van der Waals surface area contributed by atoms with E-state index < -0.39 is 5.97 Å². The smallest absolute Gasteiger partial charge is 0.338 e. The van der Waals surface area contributed by atoms with Gasteiger partial charge in [0.25, 0.3) is 5.91 Å². The van der Waals surface area contributed by atoms with E-state index in [1.165, 1.54) is 6.42 Å². The van der Waals surface area contributed by atoms with E-state index in [4.69, 9.17) is 14.2 Å². The second-order valence-corrected chi connectivity index (χ2v) is 7.04. The third kappa shape index (κ3) is 5.88. The van der Waals surface area contributed by atoms with Crippen LogP contribution in [0.25, 0.3) is 0 Å². The summed E-state index contributed by atoms with van der Waals surface area (Å²) in [4.78, 5) is 24.5. The van der Waals surface area contributed by atoms with Crippen molar-refractivity contribution in [2.45, 2.75) is 53.0 Å². The summed E-state index contributed by atoms with van der Waals surface area (Å²) in [6, 6.07) is 5.02. The van der Waals surface area contributed by atoms with Gasteiger partial charge in [0.1, 0.15) is 0 Å². The van der Waals surface area contributed by atoms with Crippen molar-refractivity contribution < 1.29 is 23.8 Å². The molecule has 2 rings (SSSR count). The van der Waals surface area contributed by atoms with E-state index in [1.54, 1.807) is 18.2 Å². The first kappa shape index (κ1) is 21.1. The Morgan fingerprint density at radius 1 is 1.07 bits per heavy atom. The van der Waals surface area contributed by atoms with Crippen LogP contribution in [-0.2, 0) is 9.53 Å². The highest BCUT2D eigenvalue weighted by Crippen LogP contribution is 2.30. The number of hydrogen-bond donors (Lipinski definition) is 1. The summed E-state index contributed by atoms with van der Waals surface area (Å²) in [5.74, 6) is 1.27. The standard InChI is InChI=1S/C21H31NO5/c1-5-25-18-11-10-16(12-19(18)26-6-2)21(24)27-13-20(23)22-17-9-7-8-14(3)15(17)4/h10-12,14-15,17H,5-9,13H2,1-4H3,(H,22,23)/t14-,15+,17+/m1/s1. The topological polar surface area (TPSA) is 73.9 Å². The molecule has 27 heavy (non-hydrogen) atoms. The van der Waals surface area contributed by atoms with Crippen LogP contribution in [0.2, 0.25) is 0 Å². The molecular formula is C21H31NO5. The lowest BCUT2D eigenvalue weighted by molar-refractivity contribution is -0.125. The van der Waals surface area contributed by atoms with Crippen LogP contribution in [0.15, 0.2) is 18.2 Å². The molecule has 0 saturated heterocycles. The number of rotatable bonds is 8. The summed E-state index contributed by atoms with van der Waals surface area (Å²) in [6.45, 7) is 8.79. The lowest BCUT2D eigenvalue weighted by atomic mass is 9.78. The second kappa shape index (κ2) is 10.2. The molecule has 3 atom stereocenters. The first-order chi connectivity index (χ1) is 13.0. The molecule has 1 amide bonds. The van der Waals surface area contributed by atoms with Crippen LogP contribution in [0.4, 0.5) is 0 Å². The van der Waals surface area contributed by atoms with Gasteiger partial charge in [-0.2, -0.15) is 0 Å². The summed E-state index contributed by atoms with van der Waals surface area (Å²) >= 11 is 0. The van der Waals surface area contributed by atoms with E-state index in [-0.39, 0.29) is 18.6 Å². The Hall–Kier alpha value is -2.24. The van der Waals surface area contributed by atoms with Crippen molar-refractivity contribution in [2.75, 3.05) is 19.8 Å². The number of ether oxygens (including phenoxy) is 3. The van der Waals surface area contributed by atoms with Crippen molar-refractivity contribution in [3.63, 3.8) is 0 Å². The van der Waals surface area contributed by atoms with Gasteiger partial charge in [0, 0.05) is 6.04 Å². The van der Waals surface area contributed by atoms with Gasteiger partial charge in [0.15, 0.2) is 18.1 Å². The quantitative estimate of drug-likeness (QED) is 0.701. The SMILES string of the molecule is CCOc1ccc(C(=O)OCC(=O)N[C@H]2CCC[C@@H](C)[C@@H]2C)cc1OCC. The van der Waals surface area contributed by atoms with E-state index in [1.807, 2.05) is 13.8 Å². The highest BCUT2D eigenvalue weighted by atomic mass is 16.5. The largest absolute Gasteiger partial charge is 0.490 e. The van der Waals surface area contributed by atoms with Gasteiger partial charge in [-0.05, 0) is 50.3 Å². The van der Waals surface area contributed by atoms with Gasteiger partial charge in [0.2, 0.25) is 0 Å². The van der Waals surface area contributed by atoms with Crippen molar-refractivity contribution in [3.05, 3.63) is 23.8 Å². The first-order valence-corrected chi connectivity index (χ1v) is 9.82. The molecule has 1 N–H and O–H groups in total. The maximum absolute atomic E-state index is 12.3. The molecular weight excluding hydrogens is 346 g/mol. The molecule has 0 unspecified atom stereocenters. The zero-order chi connectivity index (χ0) is 19.8. The van der Waals surface area contributed by atoms with Crippen LogP contribution in [-0.4, -0.2) is 37.7 Å². The summed E-state index contributed by atoms with van der Waals surface area (Å²) < 4.78 is 16.2. The minimum absolute atomic E-state index is 0.148. The summed E-state index contributed by atoms with van der Waals surface area (Å²) in [5.41, 5.74) is 0.328. The number of nitrogens with one attached hydrogen (secondary N) is 1. The molecule has 6 nitrogen and oxygen atoms in total. The lowest BCUT2D eigenvalue weighted by Gasteiger charge is -2.34. The van der Waals surface area contributed by atoms with Crippen molar-refractivity contribution in [3.8, 4) is 11.5 Å². The molecule has 1 aliphatic rings. The molecule has 1 aliphatic carbocycles. The second-order valence-electron chi connectivity index (χ2n) is 7.04. The van der Waals surface area contributed by atoms with Crippen molar-refractivity contribution >= 4 is 11.9 Å². The first-order valence-electron chi connectivity index (χ1n) is 9.82. The number of carbonyl (C=O) groups excluding carboxylic acids is 2. The van der Waals surface area contributed by atoms with E-state index in [0.717, 1.165) is 12.8 Å². The van der Waals surface area contributed by atoms with Gasteiger partial charge < -0.3 is 19.5 Å². The molecule has 150 valence electrons. The fraction of sp³-hybridized carbons (Fsp3) is 0.619. The van der Waals surface area contributed by atoms with Crippen molar-refractivity contribution in [1.82, 2.24) is 5.32 Å².